The largest absolute Gasteiger partial charge is 0.478 e. The highest BCUT2D eigenvalue weighted by atomic mass is 32.1. The predicted octanol–water partition coefficient (Wildman–Crippen LogP) is 4.28. The Balaban J connectivity index is 1.92. The SMILES string of the molecule is Cc1ccc(C(=O)Nc2sc3c(c2C(=O)O)CCCCC3)cc1. The van der Waals surface area contributed by atoms with Crippen LogP contribution in [0.5, 0.6) is 0 Å². The number of thiophene rings is 1. The van der Waals surface area contributed by atoms with E-state index in [1.807, 2.05) is 19.1 Å². The molecule has 1 heterocycles. The number of anilines is 1. The van der Waals surface area contributed by atoms with Crippen LogP contribution in [0.15, 0.2) is 24.3 Å². The summed E-state index contributed by atoms with van der Waals surface area (Å²) < 4.78 is 0. The molecule has 4 nitrogen and oxygen atoms in total. The van der Waals surface area contributed by atoms with Gasteiger partial charge in [0.1, 0.15) is 5.00 Å². The molecular weight excluding hydrogens is 310 g/mol. The van der Waals surface area contributed by atoms with E-state index in [0.29, 0.717) is 10.6 Å². The lowest BCUT2D eigenvalue weighted by Crippen LogP contribution is -2.13. The van der Waals surface area contributed by atoms with E-state index in [2.05, 4.69) is 5.32 Å². The number of carbonyl (C=O) groups excluding carboxylic acids is 1. The van der Waals surface area contributed by atoms with Gasteiger partial charge in [-0.15, -0.1) is 11.3 Å². The van der Waals surface area contributed by atoms with Crippen molar-refractivity contribution in [1.82, 2.24) is 0 Å². The van der Waals surface area contributed by atoms with Gasteiger partial charge in [-0.3, -0.25) is 4.79 Å². The van der Waals surface area contributed by atoms with Crippen LogP contribution in [0.4, 0.5) is 5.00 Å². The van der Waals surface area contributed by atoms with Crippen LogP contribution in [-0.4, -0.2) is 17.0 Å². The van der Waals surface area contributed by atoms with Gasteiger partial charge in [-0.05, 0) is 50.3 Å². The number of aromatic carboxylic acids is 1. The Morgan fingerprint density at radius 1 is 1.09 bits per heavy atom. The Morgan fingerprint density at radius 3 is 2.48 bits per heavy atom. The molecule has 2 aromatic rings. The zero-order chi connectivity index (χ0) is 16.4. The van der Waals surface area contributed by atoms with Gasteiger partial charge in [0.05, 0.1) is 5.56 Å². The van der Waals surface area contributed by atoms with E-state index in [-0.39, 0.29) is 11.5 Å². The highest BCUT2D eigenvalue weighted by Crippen LogP contribution is 2.37. The van der Waals surface area contributed by atoms with E-state index in [4.69, 9.17) is 0 Å². The van der Waals surface area contributed by atoms with Crippen molar-refractivity contribution in [1.29, 1.82) is 0 Å². The van der Waals surface area contributed by atoms with Crippen molar-refractivity contribution in [2.75, 3.05) is 5.32 Å². The van der Waals surface area contributed by atoms with Crippen molar-refractivity contribution >= 4 is 28.2 Å². The molecule has 1 amide bonds. The van der Waals surface area contributed by atoms with Gasteiger partial charge in [0.25, 0.3) is 5.91 Å². The highest BCUT2D eigenvalue weighted by molar-refractivity contribution is 7.17. The van der Waals surface area contributed by atoms with Crippen LogP contribution in [0, 0.1) is 6.92 Å². The molecule has 0 unspecified atom stereocenters. The van der Waals surface area contributed by atoms with Crippen LogP contribution in [0.25, 0.3) is 0 Å². The van der Waals surface area contributed by atoms with E-state index in [1.54, 1.807) is 12.1 Å². The summed E-state index contributed by atoms with van der Waals surface area (Å²) in [5, 5.41) is 12.8. The van der Waals surface area contributed by atoms with Gasteiger partial charge in [-0.2, -0.15) is 0 Å². The molecular formula is C18H19NO3S. The van der Waals surface area contributed by atoms with E-state index < -0.39 is 5.97 Å². The molecule has 1 aromatic heterocycles. The second kappa shape index (κ2) is 6.54. The maximum absolute atomic E-state index is 12.4. The minimum absolute atomic E-state index is 0.260. The number of fused-ring (bicyclic) bond motifs is 1. The van der Waals surface area contributed by atoms with Gasteiger partial charge < -0.3 is 10.4 Å². The third-order valence-electron chi connectivity index (χ3n) is 4.18. The van der Waals surface area contributed by atoms with Crippen molar-refractivity contribution in [3.8, 4) is 0 Å². The first kappa shape index (κ1) is 15.7. The van der Waals surface area contributed by atoms with Crippen molar-refractivity contribution in [3.63, 3.8) is 0 Å². The molecule has 120 valence electrons. The number of carboxylic acids is 1. The van der Waals surface area contributed by atoms with Crippen molar-refractivity contribution in [3.05, 3.63) is 51.4 Å². The molecule has 0 spiro atoms. The smallest absolute Gasteiger partial charge is 0.339 e. The van der Waals surface area contributed by atoms with Gasteiger partial charge in [-0.25, -0.2) is 4.79 Å². The third kappa shape index (κ3) is 3.29. The number of aryl methyl sites for hydroxylation is 2. The van der Waals surface area contributed by atoms with Crippen LogP contribution in [0.1, 0.15) is 56.0 Å². The first-order chi connectivity index (χ1) is 11.1. The van der Waals surface area contributed by atoms with Crippen LogP contribution in [0.3, 0.4) is 0 Å². The number of nitrogens with one attached hydrogen (secondary N) is 1. The maximum Gasteiger partial charge on any atom is 0.339 e. The van der Waals surface area contributed by atoms with Gasteiger partial charge in [0.2, 0.25) is 0 Å². The molecule has 1 aliphatic rings. The summed E-state index contributed by atoms with van der Waals surface area (Å²) in [6.07, 6.45) is 4.91. The van der Waals surface area contributed by atoms with Crippen LogP contribution in [0.2, 0.25) is 0 Å². The van der Waals surface area contributed by atoms with Crippen LogP contribution in [-0.2, 0) is 12.8 Å². The Morgan fingerprint density at radius 2 is 1.78 bits per heavy atom. The summed E-state index contributed by atoms with van der Waals surface area (Å²) >= 11 is 1.42. The van der Waals surface area contributed by atoms with E-state index in [9.17, 15) is 14.7 Å². The molecule has 23 heavy (non-hydrogen) atoms. The third-order valence-corrected chi connectivity index (χ3v) is 5.38. The standard InChI is InChI=1S/C18H19NO3S/c1-11-7-9-12(10-8-11)16(20)19-17-15(18(21)22)13-5-3-2-4-6-14(13)23-17/h7-10H,2-6H2,1H3,(H,19,20)(H,21,22). The molecule has 0 aliphatic heterocycles. The summed E-state index contributed by atoms with van der Waals surface area (Å²) in [4.78, 5) is 25.2. The molecule has 0 atom stereocenters. The fourth-order valence-corrected chi connectivity index (χ4v) is 4.21. The maximum atomic E-state index is 12.4. The topological polar surface area (TPSA) is 66.4 Å². The Hall–Kier alpha value is -2.14. The predicted molar refractivity (Wildman–Crippen MR) is 91.7 cm³/mol. The van der Waals surface area contributed by atoms with E-state index in [1.165, 1.54) is 11.3 Å². The average molecular weight is 329 g/mol. The molecule has 5 heteroatoms. The normalized spacial score (nSPS) is 14.0. The molecule has 2 N–H and O–H groups in total. The number of hydrogen-bond donors (Lipinski definition) is 2. The number of carbonyl (C=O) groups is 2. The lowest BCUT2D eigenvalue weighted by Gasteiger charge is -2.06. The van der Waals surface area contributed by atoms with Crippen LogP contribution >= 0.6 is 11.3 Å². The van der Waals surface area contributed by atoms with Gasteiger partial charge in [0, 0.05) is 10.4 Å². The second-order valence-corrected chi connectivity index (χ2v) is 7.00. The average Bonchev–Trinajstić information content (AvgIpc) is 2.69. The number of amides is 1. The molecule has 0 saturated heterocycles. The quantitative estimate of drug-likeness (QED) is 0.826. The van der Waals surface area contributed by atoms with Crippen LogP contribution < -0.4 is 5.32 Å². The Labute approximate surface area is 139 Å². The Kier molecular flexibility index (Phi) is 4.48. The summed E-state index contributed by atoms with van der Waals surface area (Å²) in [6.45, 7) is 1.96. The minimum Gasteiger partial charge on any atom is -0.478 e. The minimum atomic E-state index is -0.955. The number of hydrogen-bond acceptors (Lipinski definition) is 3. The highest BCUT2D eigenvalue weighted by Gasteiger charge is 2.25. The molecule has 0 saturated carbocycles. The monoisotopic (exact) mass is 329 g/mol. The number of benzene rings is 1. The van der Waals surface area contributed by atoms with Gasteiger partial charge in [-0.1, -0.05) is 24.1 Å². The van der Waals surface area contributed by atoms with Crippen molar-refractivity contribution < 1.29 is 14.7 Å². The lowest BCUT2D eigenvalue weighted by molar-refractivity contribution is 0.0697. The van der Waals surface area contributed by atoms with E-state index >= 15 is 0 Å². The second-order valence-electron chi connectivity index (χ2n) is 5.89. The summed E-state index contributed by atoms with van der Waals surface area (Å²) in [5.74, 6) is -1.22. The molecule has 0 bridgehead atoms. The Bertz CT molecular complexity index is 746. The van der Waals surface area contributed by atoms with Crippen molar-refractivity contribution in [2.24, 2.45) is 0 Å². The molecule has 1 aliphatic carbocycles. The number of rotatable bonds is 3. The first-order valence-corrected chi connectivity index (χ1v) is 8.64. The van der Waals surface area contributed by atoms with Crippen molar-refractivity contribution in [2.45, 2.75) is 39.0 Å². The summed E-state index contributed by atoms with van der Waals surface area (Å²) in [6, 6.07) is 7.25. The molecule has 0 radical (unpaired) electrons. The molecule has 3 rings (SSSR count). The van der Waals surface area contributed by atoms with E-state index in [0.717, 1.165) is 48.1 Å². The fraction of sp³-hybridized carbons (Fsp3) is 0.333. The lowest BCUT2D eigenvalue weighted by atomic mass is 10.1. The fourth-order valence-electron chi connectivity index (χ4n) is 2.94. The zero-order valence-electron chi connectivity index (χ0n) is 13.0. The zero-order valence-corrected chi connectivity index (χ0v) is 13.8. The summed E-state index contributed by atoms with van der Waals surface area (Å²) in [5.41, 5.74) is 2.82. The molecule has 0 fully saturated rings. The molecule has 1 aromatic carbocycles. The summed E-state index contributed by atoms with van der Waals surface area (Å²) in [7, 11) is 0. The first-order valence-electron chi connectivity index (χ1n) is 7.82. The van der Waals surface area contributed by atoms with Gasteiger partial charge >= 0.3 is 5.97 Å². The van der Waals surface area contributed by atoms with Gasteiger partial charge in [0.15, 0.2) is 0 Å². The number of carboxylic acid groups (broad SMARTS) is 1.